The Balaban J connectivity index is 2.05. The number of hydrogen-bond donors (Lipinski definition) is 1. The van der Waals surface area contributed by atoms with E-state index in [2.05, 4.69) is 24.0 Å². The molecule has 1 fully saturated rings. The Morgan fingerprint density at radius 1 is 1.58 bits per heavy atom. The van der Waals surface area contributed by atoms with Crippen LogP contribution in [0.3, 0.4) is 0 Å². The minimum Gasteiger partial charge on any atom is -0.372 e. The first-order valence-corrected chi connectivity index (χ1v) is 6.85. The van der Waals surface area contributed by atoms with E-state index in [1.807, 2.05) is 24.8 Å². The number of aromatic nitrogens is 2. The molecule has 5 nitrogen and oxygen atoms in total. The van der Waals surface area contributed by atoms with Gasteiger partial charge in [-0.1, -0.05) is 13.8 Å². The highest BCUT2D eigenvalue weighted by molar-refractivity contribution is 5.92. The van der Waals surface area contributed by atoms with E-state index in [-0.39, 0.29) is 11.5 Å². The van der Waals surface area contributed by atoms with Gasteiger partial charge in [-0.05, 0) is 32.3 Å². The molecular weight excluding hydrogens is 242 g/mol. The van der Waals surface area contributed by atoms with Crippen LogP contribution in [0, 0.1) is 5.92 Å². The Hall–Kier alpha value is -1.36. The number of carbonyl (C=O) groups is 1. The van der Waals surface area contributed by atoms with E-state index in [4.69, 9.17) is 4.74 Å². The minimum absolute atomic E-state index is 0.0115. The highest BCUT2D eigenvalue weighted by Gasteiger charge is 2.31. The van der Waals surface area contributed by atoms with E-state index in [0.29, 0.717) is 31.3 Å². The Labute approximate surface area is 114 Å². The summed E-state index contributed by atoms with van der Waals surface area (Å²) in [4.78, 5) is 14.2. The summed E-state index contributed by atoms with van der Waals surface area (Å²) in [6.45, 7) is 10.1. The van der Waals surface area contributed by atoms with Crippen LogP contribution in [0.1, 0.15) is 43.9 Å². The van der Waals surface area contributed by atoms with Gasteiger partial charge < -0.3 is 9.64 Å². The van der Waals surface area contributed by atoms with Crippen molar-refractivity contribution in [1.82, 2.24) is 15.1 Å². The molecule has 0 bridgehead atoms. The summed E-state index contributed by atoms with van der Waals surface area (Å²) in [5.74, 6) is 0.536. The van der Waals surface area contributed by atoms with Gasteiger partial charge in [0.15, 0.2) is 0 Å². The lowest BCUT2D eigenvalue weighted by molar-refractivity contribution is -0.0765. The van der Waals surface area contributed by atoms with Crippen LogP contribution in [0.2, 0.25) is 0 Å². The fourth-order valence-corrected chi connectivity index (χ4v) is 2.37. The smallest absolute Gasteiger partial charge is 0.274 e. The number of H-pyrrole nitrogens is 1. The number of rotatable bonds is 3. The van der Waals surface area contributed by atoms with Crippen molar-refractivity contribution in [3.8, 4) is 0 Å². The Kier molecular flexibility index (Phi) is 3.94. The van der Waals surface area contributed by atoms with E-state index >= 15 is 0 Å². The molecule has 1 saturated heterocycles. The van der Waals surface area contributed by atoms with Crippen LogP contribution in [0.4, 0.5) is 0 Å². The molecule has 0 aromatic carbocycles. The zero-order chi connectivity index (χ0) is 14.0. The fourth-order valence-electron chi connectivity index (χ4n) is 2.37. The van der Waals surface area contributed by atoms with Gasteiger partial charge in [0, 0.05) is 18.8 Å². The lowest BCUT2D eigenvalue weighted by Crippen LogP contribution is -2.50. The van der Waals surface area contributed by atoms with Crippen LogP contribution in [0.5, 0.6) is 0 Å². The maximum atomic E-state index is 12.4. The molecule has 0 unspecified atom stereocenters. The lowest BCUT2D eigenvalue weighted by atomic mass is 10.1. The number of hydrogen-bond acceptors (Lipinski definition) is 3. The summed E-state index contributed by atoms with van der Waals surface area (Å²) in [6.07, 6.45) is 0.912. The maximum absolute atomic E-state index is 12.4. The third-order valence-corrected chi connectivity index (χ3v) is 3.19. The van der Waals surface area contributed by atoms with Gasteiger partial charge in [0.05, 0.1) is 12.2 Å². The van der Waals surface area contributed by atoms with Crippen LogP contribution in [-0.4, -0.2) is 46.3 Å². The maximum Gasteiger partial charge on any atom is 0.274 e. The summed E-state index contributed by atoms with van der Waals surface area (Å²) < 4.78 is 5.62. The molecule has 0 saturated carbocycles. The number of nitrogens with one attached hydrogen (secondary N) is 1. The lowest BCUT2D eigenvalue weighted by Gasteiger charge is -2.37. The van der Waals surface area contributed by atoms with Crippen LogP contribution in [0.15, 0.2) is 6.07 Å². The average Bonchev–Trinajstić information content (AvgIpc) is 2.74. The number of amides is 1. The molecule has 1 aliphatic heterocycles. The van der Waals surface area contributed by atoms with Gasteiger partial charge in [-0.3, -0.25) is 9.89 Å². The molecule has 1 amide bonds. The van der Waals surface area contributed by atoms with Gasteiger partial charge >= 0.3 is 0 Å². The summed E-state index contributed by atoms with van der Waals surface area (Å²) in [6, 6.07) is 1.87. The molecule has 106 valence electrons. The summed E-state index contributed by atoms with van der Waals surface area (Å²) >= 11 is 0. The zero-order valence-electron chi connectivity index (χ0n) is 12.2. The molecule has 1 N–H and O–H groups in total. The fraction of sp³-hybridized carbons (Fsp3) is 0.714. The second-order valence-corrected chi connectivity index (χ2v) is 6.21. The average molecular weight is 265 g/mol. The number of carbonyl (C=O) groups excluding carboxylic acids is 1. The second kappa shape index (κ2) is 5.33. The molecule has 1 aromatic heterocycles. The molecule has 1 aliphatic rings. The minimum atomic E-state index is -0.273. The quantitative estimate of drug-likeness (QED) is 0.907. The standard InChI is InChI=1S/C14H23N3O2/c1-10(2)7-11-8-12(16-15-11)13(18)17-5-6-19-14(3,4)9-17/h8,10H,5-7,9H2,1-4H3,(H,15,16). The van der Waals surface area contributed by atoms with Crippen LogP contribution in [-0.2, 0) is 11.2 Å². The molecular formula is C14H23N3O2. The third kappa shape index (κ3) is 3.56. The zero-order valence-corrected chi connectivity index (χ0v) is 12.2. The van der Waals surface area contributed by atoms with Crippen LogP contribution >= 0.6 is 0 Å². The molecule has 0 atom stereocenters. The van der Waals surface area contributed by atoms with Crippen molar-refractivity contribution in [1.29, 1.82) is 0 Å². The number of morpholine rings is 1. The molecule has 5 heteroatoms. The highest BCUT2D eigenvalue weighted by atomic mass is 16.5. The Morgan fingerprint density at radius 3 is 2.95 bits per heavy atom. The van der Waals surface area contributed by atoms with Gasteiger partial charge in [0.1, 0.15) is 5.69 Å². The van der Waals surface area contributed by atoms with Crippen molar-refractivity contribution in [3.05, 3.63) is 17.5 Å². The second-order valence-electron chi connectivity index (χ2n) is 6.21. The van der Waals surface area contributed by atoms with Gasteiger partial charge in [0.25, 0.3) is 5.91 Å². The first-order chi connectivity index (χ1) is 8.87. The number of aromatic amines is 1. The first-order valence-electron chi connectivity index (χ1n) is 6.85. The number of ether oxygens (including phenoxy) is 1. The topological polar surface area (TPSA) is 58.2 Å². The van der Waals surface area contributed by atoms with Gasteiger partial charge in [-0.15, -0.1) is 0 Å². The van der Waals surface area contributed by atoms with Crippen molar-refractivity contribution in [2.75, 3.05) is 19.7 Å². The molecule has 0 radical (unpaired) electrons. The molecule has 0 spiro atoms. The Bertz CT molecular complexity index is 451. The van der Waals surface area contributed by atoms with E-state index in [9.17, 15) is 4.79 Å². The first kappa shape index (κ1) is 14.1. The molecule has 0 aliphatic carbocycles. The van der Waals surface area contributed by atoms with Crippen molar-refractivity contribution >= 4 is 5.91 Å². The predicted molar refractivity (Wildman–Crippen MR) is 73.1 cm³/mol. The van der Waals surface area contributed by atoms with Crippen LogP contribution < -0.4 is 0 Å². The van der Waals surface area contributed by atoms with Crippen molar-refractivity contribution < 1.29 is 9.53 Å². The third-order valence-electron chi connectivity index (χ3n) is 3.19. The van der Waals surface area contributed by atoms with Gasteiger partial charge in [-0.25, -0.2) is 0 Å². The molecule has 2 heterocycles. The molecule has 2 rings (SSSR count). The van der Waals surface area contributed by atoms with Gasteiger partial charge in [0.2, 0.25) is 0 Å². The van der Waals surface area contributed by atoms with Gasteiger partial charge in [-0.2, -0.15) is 5.10 Å². The van der Waals surface area contributed by atoms with E-state index in [1.165, 1.54) is 0 Å². The summed E-state index contributed by atoms with van der Waals surface area (Å²) in [5, 5.41) is 7.08. The van der Waals surface area contributed by atoms with E-state index < -0.39 is 0 Å². The number of nitrogens with zero attached hydrogens (tertiary/aromatic N) is 2. The predicted octanol–water partition coefficient (Wildman–Crippen LogP) is 1.86. The summed E-state index contributed by atoms with van der Waals surface area (Å²) in [5.41, 5.74) is 1.25. The normalized spacial score (nSPS) is 18.9. The van der Waals surface area contributed by atoms with Crippen molar-refractivity contribution in [2.45, 2.75) is 39.7 Å². The SMILES string of the molecule is CC(C)Cc1cc(C(=O)N2CCOC(C)(C)C2)n[nH]1. The largest absolute Gasteiger partial charge is 0.372 e. The van der Waals surface area contributed by atoms with Crippen LogP contribution in [0.25, 0.3) is 0 Å². The van der Waals surface area contributed by atoms with E-state index in [0.717, 1.165) is 12.1 Å². The monoisotopic (exact) mass is 265 g/mol. The highest BCUT2D eigenvalue weighted by Crippen LogP contribution is 2.18. The van der Waals surface area contributed by atoms with Crippen molar-refractivity contribution in [3.63, 3.8) is 0 Å². The molecule has 1 aromatic rings. The molecule has 19 heavy (non-hydrogen) atoms. The Morgan fingerprint density at radius 2 is 2.32 bits per heavy atom. The van der Waals surface area contributed by atoms with E-state index in [1.54, 1.807) is 0 Å². The summed E-state index contributed by atoms with van der Waals surface area (Å²) in [7, 11) is 0. The van der Waals surface area contributed by atoms with Crippen molar-refractivity contribution in [2.24, 2.45) is 5.92 Å².